The predicted molar refractivity (Wildman–Crippen MR) is 118 cm³/mol. The fourth-order valence-electron chi connectivity index (χ4n) is 3.62. The molecule has 12 heteroatoms. The Morgan fingerprint density at radius 2 is 1.69 bits per heavy atom. The largest absolute Gasteiger partial charge is 0.390 e. The first-order valence-corrected chi connectivity index (χ1v) is 12.2. The Balaban J connectivity index is 3.36. The monoisotopic (exact) mass is 480 g/mol. The van der Waals surface area contributed by atoms with Crippen molar-refractivity contribution in [3.05, 3.63) is 32.6 Å². The third kappa shape index (κ3) is 5.59. The van der Waals surface area contributed by atoms with Gasteiger partial charge in [0.25, 0.3) is 5.56 Å². The highest BCUT2D eigenvalue weighted by molar-refractivity contribution is 7.54. The van der Waals surface area contributed by atoms with Gasteiger partial charge < -0.3 is 24.9 Å². The van der Waals surface area contributed by atoms with E-state index in [1.807, 2.05) is 0 Å². The molecule has 0 fully saturated rings. The number of ether oxygens (including phenoxy) is 1. The van der Waals surface area contributed by atoms with Gasteiger partial charge in [0.1, 0.15) is 6.10 Å². The summed E-state index contributed by atoms with van der Waals surface area (Å²) in [7, 11) is -3.32. The van der Waals surface area contributed by atoms with Gasteiger partial charge in [-0.1, -0.05) is 27.7 Å². The molecular formula is C20H37N2O9P. The number of aliphatic hydroxyl groups is 3. The summed E-state index contributed by atoms with van der Waals surface area (Å²) in [5.41, 5.74) is -2.60. The van der Waals surface area contributed by atoms with Crippen molar-refractivity contribution in [1.82, 2.24) is 9.55 Å². The number of nitrogens with zero attached hydrogens (tertiary/aromatic N) is 1. The van der Waals surface area contributed by atoms with Gasteiger partial charge >= 0.3 is 13.3 Å². The maximum atomic E-state index is 12.9. The highest BCUT2D eigenvalue weighted by Gasteiger charge is 2.51. The number of aromatic nitrogens is 2. The van der Waals surface area contributed by atoms with Gasteiger partial charge in [0.2, 0.25) is 0 Å². The fourth-order valence-corrected chi connectivity index (χ4v) is 5.13. The lowest BCUT2D eigenvalue weighted by molar-refractivity contribution is -0.153. The Hall–Kier alpha value is -1.33. The molecule has 11 nitrogen and oxygen atoms in total. The van der Waals surface area contributed by atoms with E-state index in [1.165, 1.54) is 34.1 Å². The van der Waals surface area contributed by atoms with E-state index < -0.39 is 54.1 Å². The molecule has 0 spiro atoms. The Bertz CT molecular complexity index is 922. The van der Waals surface area contributed by atoms with Crippen LogP contribution in [-0.4, -0.2) is 60.0 Å². The molecular weight excluding hydrogens is 443 g/mol. The molecule has 0 aromatic carbocycles. The third-order valence-corrected chi connectivity index (χ3v) is 8.57. The summed E-state index contributed by atoms with van der Waals surface area (Å²) in [6.07, 6.45) is -3.04. The molecule has 0 bridgehead atoms. The van der Waals surface area contributed by atoms with E-state index >= 15 is 0 Å². The number of hydrogen-bond acceptors (Lipinski definition) is 8. The Morgan fingerprint density at radius 1 is 1.16 bits per heavy atom. The summed E-state index contributed by atoms with van der Waals surface area (Å²) in [5, 5.41) is 30.2. The Kier molecular flexibility index (Phi) is 9.63. The van der Waals surface area contributed by atoms with Crippen molar-refractivity contribution in [3.63, 3.8) is 0 Å². The number of aliphatic hydroxyl groups excluding tert-OH is 2. The maximum absolute atomic E-state index is 12.9. The van der Waals surface area contributed by atoms with Crippen molar-refractivity contribution >= 4 is 7.60 Å². The lowest BCUT2D eigenvalue weighted by Crippen LogP contribution is -2.52. The highest BCUT2D eigenvalue weighted by Crippen LogP contribution is 2.60. The number of H-pyrrole nitrogens is 1. The normalized spacial score (nSPS) is 20.1. The second kappa shape index (κ2) is 10.7. The SMILES string of the molecule is CCC(CC)(OP(=O)(O)C(C)(O)CC)C(C)C(O)C(O)C(OC)n1cc(C)c(=O)[nH]c1=O. The first-order valence-electron chi connectivity index (χ1n) is 10.6. The average Bonchev–Trinajstić information content (AvgIpc) is 2.74. The first kappa shape index (κ1) is 28.7. The number of hydrogen-bond donors (Lipinski definition) is 5. The van der Waals surface area contributed by atoms with Crippen LogP contribution in [0.1, 0.15) is 65.7 Å². The van der Waals surface area contributed by atoms with E-state index in [9.17, 15) is 34.4 Å². The van der Waals surface area contributed by atoms with Crippen LogP contribution < -0.4 is 11.2 Å². The predicted octanol–water partition coefficient (Wildman–Crippen LogP) is 1.23. The zero-order chi connectivity index (χ0) is 25.1. The molecule has 0 saturated carbocycles. The quantitative estimate of drug-likeness (QED) is 0.276. The molecule has 1 rings (SSSR count). The zero-order valence-corrected chi connectivity index (χ0v) is 20.6. The van der Waals surface area contributed by atoms with Crippen LogP contribution in [0.25, 0.3) is 0 Å². The minimum absolute atomic E-state index is 0.0376. The number of nitrogens with one attached hydrogen (secondary N) is 1. The number of aromatic amines is 1. The van der Waals surface area contributed by atoms with Gasteiger partial charge in [-0.05, 0) is 33.1 Å². The van der Waals surface area contributed by atoms with Crippen LogP contribution in [0.15, 0.2) is 15.8 Å². The molecule has 1 aromatic heterocycles. The fraction of sp³-hybridized carbons (Fsp3) is 0.800. The van der Waals surface area contributed by atoms with E-state index in [2.05, 4.69) is 4.98 Å². The molecule has 0 aliphatic rings. The van der Waals surface area contributed by atoms with Gasteiger partial charge in [0, 0.05) is 24.8 Å². The van der Waals surface area contributed by atoms with E-state index in [1.54, 1.807) is 20.8 Å². The zero-order valence-electron chi connectivity index (χ0n) is 19.7. The van der Waals surface area contributed by atoms with E-state index in [-0.39, 0.29) is 24.8 Å². The van der Waals surface area contributed by atoms with Crippen molar-refractivity contribution < 1.29 is 34.0 Å². The standard InChI is InChI=1S/C20H37N2O9P/c1-8-19(6,27)32(28,29)31-20(9-2,10-3)13(5)14(23)15(24)17(30-7)22-11-12(4)16(25)21-18(22)26/h11,13-15,17,23-24,27H,8-10H2,1-7H3,(H,28,29)(H,21,25,26). The molecule has 0 aliphatic carbocycles. The second-order valence-electron chi connectivity index (χ2n) is 8.33. The number of methoxy groups -OCH3 is 1. The topological polar surface area (TPSA) is 171 Å². The molecule has 0 aliphatic heterocycles. The number of aryl methyl sites for hydroxylation is 1. The molecule has 1 aromatic rings. The molecule has 32 heavy (non-hydrogen) atoms. The minimum Gasteiger partial charge on any atom is -0.390 e. The highest BCUT2D eigenvalue weighted by atomic mass is 31.2. The van der Waals surface area contributed by atoms with E-state index in [4.69, 9.17) is 9.26 Å². The molecule has 0 radical (unpaired) electrons. The smallest absolute Gasteiger partial charge is 0.359 e. The van der Waals surface area contributed by atoms with Crippen LogP contribution in [0.2, 0.25) is 0 Å². The first-order chi connectivity index (χ1) is 14.6. The molecule has 6 atom stereocenters. The second-order valence-corrected chi connectivity index (χ2v) is 10.5. The summed E-state index contributed by atoms with van der Waals surface area (Å²) < 4.78 is 24.7. The lowest BCUT2D eigenvalue weighted by atomic mass is 9.79. The van der Waals surface area contributed by atoms with Crippen molar-refractivity contribution in [1.29, 1.82) is 0 Å². The molecule has 5 N–H and O–H groups in total. The van der Waals surface area contributed by atoms with Gasteiger partial charge in [-0.3, -0.25) is 23.4 Å². The molecule has 186 valence electrons. The molecule has 1 heterocycles. The van der Waals surface area contributed by atoms with Crippen molar-refractivity contribution in [2.45, 2.75) is 90.2 Å². The van der Waals surface area contributed by atoms with Gasteiger partial charge in [0.15, 0.2) is 11.6 Å². The minimum atomic E-state index is -4.55. The third-order valence-electron chi connectivity index (χ3n) is 6.43. The maximum Gasteiger partial charge on any atom is 0.359 e. The lowest BCUT2D eigenvalue weighted by Gasteiger charge is -2.44. The summed E-state index contributed by atoms with van der Waals surface area (Å²) in [6.45, 7) is 9.15. The van der Waals surface area contributed by atoms with Gasteiger partial charge in [0.05, 0.1) is 11.7 Å². The van der Waals surface area contributed by atoms with Crippen molar-refractivity contribution in [2.24, 2.45) is 5.92 Å². The average molecular weight is 480 g/mol. The van der Waals surface area contributed by atoms with Gasteiger partial charge in [-0.15, -0.1) is 0 Å². The Morgan fingerprint density at radius 3 is 2.12 bits per heavy atom. The van der Waals surface area contributed by atoms with Crippen molar-refractivity contribution in [2.75, 3.05) is 7.11 Å². The van der Waals surface area contributed by atoms with Gasteiger partial charge in [-0.2, -0.15) is 0 Å². The van der Waals surface area contributed by atoms with Crippen LogP contribution in [0.5, 0.6) is 0 Å². The van der Waals surface area contributed by atoms with Crippen molar-refractivity contribution in [3.8, 4) is 0 Å². The summed E-state index contributed by atoms with van der Waals surface area (Å²) in [6, 6.07) is 0. The van der Waals surface area contributed by atoms with Crippen LogP contribution in [0, 0.1) is 12.8 Å². The van der Waals surface area contributed by atoms with E-state index in [0.717, 1.165) is 4.57 Å². The summed E-state index contributed by atoms with van der Waals surface area (Å²) in [4.78, 5) is 36.5. The van der Waals surface area contributed by atoms with Crippen LogP contribution in [0.3, 0.4) is 0 Å². The van der Waals surface area contributed by atoms with Gasteiger partial charge in [-0.25, -0.2) is 4.79 Å². The van der Waals surface area contributed by atoms with Crippen LogP contribution in [-0.2, 0) is 13.8 Å². The van der Waals surface area contributed by atoms with Crippen LogP contribution >= 0.6 is 7.60 Å². The molecule has 0 amide bonds. The summed E-state index contributed by atoms with van der Waals surface area (Å²) in [5.74, 6) is -0.919. The van der Waals surface area contributed by atoms with Crippen LogP contribution in [0.4, 0.5) is 0 Å². The molecule has 6 unspecified atom stereocenters. The van der Waals surface area contributed by atoms with E-state index in [0.29, 0.717) is 0 Å². The Labute approximate surface area is 187 Å². The number of rotatable bonds is 12. The summed E-state index contributed by atoms with van der Waals surface area (Å²) >= 11 is 0. The molecule has 0 saturated heterocycles.